The number of para-hydroxylation sites is 1. The van der Waals surface area contributed by atoms with Crippen LogP contribution >= 0.6 is 11.6 Å². The molecule has 0 N–H and O–H groups in total. The van der Waals surface area contributed by atoms with Crippen molar-refractivity contribution in [3.8, 4) is 0 Å². The number of aryl methyl sites for hydroxylation is 1. The molecule has 6 heteroatoms. The standard InChI is InChI=1S/C18H15ClN2O3/c19-14-5-3-4-13(10-14)11-24-17(22)8-9-21-12-20-16-7-2-1-6-15(16)18(21)23/h1-7,10,12H,8-9,11H2. The molecule has 0 fully saturated rings. The van der Waals surface area contributed by atoms with Gasteiger partial charge >= 0.3 is 5.97 Å². The molecule has 2 aromatic carbocycles. The minimum atomic E-state index is -0.380. The van der Waals surface area contributed by atoms with Gasteiger partial charge in [-0.3, -0.25) is 14.2 Å². The Morgan fingerprint density at radius 3 is 2.83 bits per heavy atom. The molecule has 0 aliphatic rings. The van der Waals surface area contributed by atoms with Crippen molar-refractivity contribution in [2.24, 2.45) is 0 Å². The Hall–Kier alpha value is -2.66. The monoisotopic (exact) mass is 342 g/mol. The number of hydrogen-bond acceptors (Lipinski definition) is 4. The summed E-state index contributed by atoms with van der Waals surface area (Å²) in [6.07, 6.45) is 1.55. The Labute approximate surface area is 143 Å². The van der Waals surface area contributed by atoms with E-state index in [1.54, 1.807) is 36.4 Å². The number of ether oxygens (including phenoxy) is 1. The predicted molar refractivity (Wildman–Crippen MR) is 91.9 cm³/mol. The summed E-state index contributed by atoms with van der Waals surface area (Å²) in [7, 11) is 0. The first-order valence-corrected chi connectivity index (χ1v) is 7.85. The molecule has 0 aliphatic carbocycles. The molecule has 122 valence electrons. The Morgan fingerprint density at radius 2 is 2.00 bits per heavy atom. The Kier molecular flexibility index (Phi) is 4.91. The smallest absolute Gasteiger partial charge is 0.307 e. The highest BCUT2D eigenvalue weighted by molar-refractivity contribution is 6.30. The molecule has 3 aromatic rings. The molecule has 0 bridgehead atoms. The highest BCUT2D eigenvalue weighted by Crippen LogP contribution is 2.12. The first kappa shape index (κ1) is 16.2. The van der Waals surface area contributed by atoms with E-state index in [0.717, 1.165) is 5.56 Å². The average Bonchev–Trinajstić information content (AvgIpc) is 2.60. The second-order valence-electron chi connectivity index (χ2n) is 5.30. The minimum absolute atomic E-state index is 0.0977. The molecular formula is C18H15ClN2O3. The van der Waals surface area contributed by atoms with Crippen LogP contribution < -0.4 is 5.56 Å². The normalized spacial score (nSPS) is 10.7. The molecule has 0 saturated carbocycles. The van der Waals surface area contributed by atoms with Gasteiger partial charge in [0, 0.05) is 11.6 Å². The second-order valence-corrected chi connectivity index (χ2v) is 5.74. The Bertz CT molecular complexity index is 937. The summed E-state index contributed by atoms with van der Waals surface area (Å²) in [5.74, 6) is -0.380. The van der Waals surface area contributed by atoms with Crippen molar-refractivity contribution in [3.63, 3.8) is 0 Å². The van der Waals surface area contributed by atoms with E-state index in [2.05, 4.69) is 4.98 Å². The molecule has 0 radical (unpaired) electrons. The number of carbonyl (C=O) groups is 1. The van der Waals surface area contributed by atoms with Gasteiger partial charge in [-0.2, -0.15) is 0 Å². The lowest BCUT2D eigenvalue weighted by atomic mass is 10.2. The number of aromatic nitrogens is 2. The Morgan fingerprint density at radius 1 is 1.17 bits per heavy atom. The van der Waals surface area contributed by atoms with Crippen molar-refractivity contribution in [3.05, 3.63) is 75.8 Å². The fraction of sp³-hybridized carbons (Fsp3) is 0.167. The van der Waals surface area contributed by atoms with Gasteiger partial charge in [0.1, 0.15) is 6.61 Å². The number of carbonyl (C=O) groups excluding carboxylic acids is 1. The molecule has 0 atom stereocenters. The average molecular weight is 343 g/mol. The number of esters is 1. The van der Waals surface area contributed by atoms with Gasteiger partial charge in [-0.25, -0.2) is 4.98 Å². The first-order valence-electron chi connectivity index (χ1n) is 7.48. The van der Waals surface area contributed by atoms with Crippen molar-refractivity contribution in [2.45, 2.75) is 19.6 Å². The molecule has 24 heavy (non-hydrogen) atoms. The van der Waals surface area contributed by atoms with Crippen LogP contribution in [0.15, 0.2) is 59.7 Å². The molecule has 0 spiro atoms. The maximum atomic E-state index is 12.3. The van der Waals surface area contributed by atoms with Gasteiger partial charge in [-0.15, -0.1) is 0 Å². The quantitative estimate of drug-likeness (QED) is 0.668. The molecular weight excluding hydrogens is 328 g/mol. The van der Waals surface area contributed by atoms with Gasteiger partial charge in [0.2, 0.25) is 0 Å². The molecule has 5 nitrogen and oxygen atoms in total. The van der Waals surface area contributed by atoms with Crippen LogP contribution in [0.4, 0.5) is 0 Å². The van der Waals surface area contributed by atoms with Crippen LogP contribution in [0.3, 0.4) is 0 Å². The second kappa shape index (κ2) is 7.27. The first-order chi connectivity index (χ1) is 11.6. The maximum absolute atomic E-state index is 12.3. The highest BCUT2D eigenvalue weighted by Gasteiger charge is 2.07. The SMILES string of the molecule is O=C(CCn1cnc2ccccc2c1=O)OCc1cccc(Cl)c1. The van der Waals surface area contributed by atoms with Crippen LogP contribution in [-0.4, -0.2) is 15.5 Å². The summed E-state index contributed by atoms with van der Waals surface area (Å²) in [5, 5.41) is 1.13. The molecule has 0 amide bonds. The lowest BCUT2D eigenvalue weighted by Crippen LogP contribution is -2.22. The van der Waals surface area contributed by atoms with E-state index in [4.69, 9.17) is 16.3 Å². The van der Waals surface area contributed by atoms with Crippen LogP contribution in [0.1, 0.15) is 12.0 Å². The summed E-state index contributed by atoms with van der Waals surface area (Å²) >= 11 is 5.88. The van der Waals surface area contributed by atoms with E-state index < -0.39 is 0 Å². The van der Waals surface area contributed by atoms with Crippen molar-refractivity contribution in [2.75, 3.05) is 0 Å². The van der Waals surface area contributed by atoms with Gasteiger partial charge in [-0.1, -0.05) is 35.9 Å². The fourth-order valence-electron chi connectivity index (χ4n) is 2.34. The van der Waals surface area contributed by atoms with Crippen molar-refractivity contribution >= 4 is 28.5 Å². The maximum Gasteiger partial charge on any atom is 0.307 e. The van der Waals surface area contributed by atoms with E-state index >= 15 is 0 Å². The zero-order valence-electron chi connectivity index (χ0n) is 12.8. The van der Waals surface area contributed by atoms with E-state index in [1.807, 2.05) is 12.1 Å². The van der Waals surface area contributed by atoms with Gasteiger partial charge < -0.3 is 4.74 Å². The van der Waals surface area contributed by atoms with E-state index in [-0.39, 0.29) is 31.1 Å². The summed E-state index contributed by atoms with van der Waals surface area (Å²) in [5.41, 5.74) is 1.30. The van der Waals surface area contributed by atoms with Crippen LogP contribution in [0, 0.1) is 0 Å². The fourth-order valence-corrected chi connectivity index (χ4v) is 2.55. The number of hydrogen-bond donors (Lipinski definition) is 0. The van der Waals surface area contributed by atoms with E-state index in [9.17, 15) is 9.59 Å². The zero-order valence-corrected chi connectivity index (χ0v) is 13.6. The van der Waals surface area contributed by atoms with Gasteiger partial charge in [0.05, 0.1) is 23.7 Å². The van der Waals surface area contributed by atoms with Gasteiger partial charge in [0.15, 0.2) is 0 Å². The summed E-state index contributed by atoms with van der Waals surface area (Å²) < 4.78 is 6.62. The van der Waals surface area contributed by atoms with E-state index in [0.29, 0.717) is 15.9 Å². The molecule has 3 rings (SSSR count). The lowest BCUT2D eigenvalue weighted by Gasteiger charge is -2.07. The number of fused-ring (bicyclic) bond motifs is 1. The third-order valence-electron chi connectivity index (χ3n) is 3.58. The van der Waals surface area contributed by atoms with Gasteiger partial charge in [-0.05, 0) is 29.8 Å². The molecule has 1 aromatic heterocycles. The number of rotatable bonds is 5. The zero-order chi connectivity index (χ0) is 16.9. The molecule has 0 aliphatic heterocycles. The largest absolute Gasteiger partial charge is 0.461 e. The number of halogens is 1. The topological polar surface area (TPSA) is 61.2 Å². The lowest BCUT2D eigenvalue weighted by molar-refractivity contribution is -0.145. The number of benzene rings is 2. The van der Waals surface area contributed by atoms with Gasteiger partial charge in [0.25, 0.3) is 5.56 Å². The summed E-state index contributed by atoms with van der Waals surface area (Å²) in [4.78, 5) is 28.4. The third kappa shape index (κ3) is 3.81. The highest BCUT2D eigenvalue weighted by atomic mass is 35.5. The summed E-state index contributed by atoms with van der Waals surface area (Å²) in [6, 6.07) is 14.2. The molecule has 0 unspecified atom stereocenters. The summed E-state index contributed by atoms with van der Waals surface area (Å²) in [6.45, 7) is 0.384. The van der Waals surface area contributed by atoms with E-state index in [1.165, 1.54) is 10.9 Å². The molecule has 0 saturated heterocycles. The Balaban J connectivity index is 1.60. The van der Waals surface area contributed by atoms with Crippen LogP contribution in [-0.2, 0) is 22.7 Å². The third-order valence-corrected chi connectivity index (χ3v) is 3.81. The van der Waals surface area contributed by atoms with Crippen molar-refractivity contribution < 1.29 is 9.53 Å². The number of nitrogens with zero attached hydrogens (tertiary/aromatic N) is 2. The van der Waals surface area contributed by atoms with Crippen LogP contribution in [0.2, 0.25) is 5.02 Å². The predicted octanol–water partition coefficient (Wildman–Crippen LogP) is 3.18. The minimum Gasteiger partial charge on any atom is -0.461 e. The van der Waals surface area contributed by atoms with Crippen molar-refractivity contribution in [1.29, 1.82) is 0 Å². The van der Waals surface area contributed by atoms with Crippen LogP contribution in [0.25, 0.3) is 10.9 Å². The molecule has 1 heterocycles. The van der Waals surface area contributed by atoms with Crippen LogP contribution in [0.5, 0.6) is 0 Å². The van der Waals surface area contributed by atoms with Crippen molar-refractivity contribution in [1.82, 2.24) is 9.55 Å².